The Morgan fingerprint density at radius 2 is 2.06 bits per heavy atom. The average Bonchev–Trinajstić information content (AvgIpc) is 2.26. The molecule has 1 aliphatic heterocycles. The highest BCUT2D eigenvalue weighted by Gasteiger charge is 2.26. The summed E-state index contributed by atoms with van der Waals surface area (Å²) in [5.41, 5.74) is 1.57. The zero-order valence-electron chi connectivity index (χ0n) is 10.5. The van der Waals surface area contributed by atoms with E-state index in [1.807, 2.05) is 31.7 Å². The number of nitrogens with zero attached hydrogens (tertiary/aromatic N) is 2. The van der Waals surface area contributed by atoms with Crippen LogP contribution in [0.5, 0.6) is 0 Å². The topological polar surface area (TPSA) is 42.4 Å². The van der Waals surface area contributed by atoms with Crippen LogP contribution in [0.3, 0.4) is 0 Å². The van der Waals surface area contributed by atoms with Gasteiger partial charge in [-0.05, 0) is 32.9 Å². The monoisotopic (exact) mass is 234 g/mol. The van der Waals surface area contributed by atoms with Crippen molar-refractivity contribution in [2.45, 2.75) is 33.0 Å². The molecule has 17 heavy (non-hydrogen) atoms. The summed E-state index contributed by atoms with van der Waals surface area (Å²) in [6, 6.07) is 3.59. The Balaban J connectivity index is 2.14. The van der Waals surface area contributed by atoms with Crippen LogP contribution in [0.4, 0.5) is 0 Å². The second-order valence-corrected chi connectivity index (χ2v) is 4.65. The van der Waals surface area contributed by atoms with Crippen molar-refractivity contribution in [1.82, 2.24) is 9.88 Å². The number of pyridine rings is 1. The van der Waals surface area contributed by atoms with Gasteiger partial charge in [0.1, 0.15) is 0 Å². The van der Waals surface area contributed by atoms with Crippen LogP contribution in [0, 0.1) is 6.92 Å². The van der Waals surface area contributed by atoms with Gasteiger partial charge in [0.15, 0.2) is 0 Å². The van der Waals surface area contributed by atoms with E-state index < -0.39 is 0 Å². The molecular formula is C13H18N2O2. The first kappa shape index (κ1) is 12.0. The highest BCUT2D eigenvalue weighted by molar-refractivity contribution is 5.94. The third kappa shape index (κ3) is 2.82. The Labute approximate surface area is 102 Å². The van der Waals surface area contributed by atoms with Crippen molar-refractivity contribution < 1.29 is 9.53 Å². The highest BCUT2D eigenvalue weighted by atomic mass is 16.5. The van der Waals surface area contributed by atoms with E-state index in [0.717, 1.165) is 5.69 Å². The summed E-state index contributed by atoms with van der Waals surface area (Å²) in [4.78, 5) is 18.2. The number of morpholine rings is 1. The molecule has 1 saturated heterocycles. The van der Waals surface area contributed by atoms with E-state index in [0.29, 0.717) is 18.7 Å². The Morgan fingerprint density at radius 1 is 1.41 bits per heavy atom. The van der Waals surface area contributed by atoms with Crippen LogP contribution in [0.1, 0.15) is 29.9 Å². The lowest BCUT2D eigenvalue weighted by Crippen LogP contribution is -2.48. The normalized spacial score (nSPS) is 24.8. The molecule has 92 valence electrons. The molecule has 2 unspecified atom stereocenters. The molecule has 0 aliphatic carbocycles. The molecule has 0 aromatic carbocycles. The number of hydrogen-bond acceptors (Lipinski definition) is 3. The number of hydrogen-bond donors (Lipinski definition) is 0. The fraction of sp³-hybridized carbons (Fsp3) is 0.538. The summed E-state index contributed by atoms with van der Waals surface area (Å²) in [7, 11) is 0. The highest BCUT2D eigenvalue weighted by Crippen LogP contribution is 2.14. The third-order valence-electron chi connectivity index (χ3n) is 2.85. The second-order valence-electron chi connectivity index (χ2n) is 4.65. The van der Waals surface area contributed by atoms with Crippen LogP contribution in [0.25, 0.3) is 0 Å². The molecule has 0 bridgehead atoms. The molecule has 1 aliphatic rings. The molecule has 1 aromatic rings. The lowest BCUT2D eigenvalue weighted by molar-refractivity contribution is -0.0586. The number of rotatable bonds is 1. The van der Waals surface area contributed by atoms with E-state index in [9.17, 15) is 4.79 Å². The molecule has 1 aromatic heterocycles. The maximum absolute atomic E-state index is 12.3. The van der Waals surface area contributed by atoms with Crippen LogP contribution in [-0.4, -0.2) is 41.1 Å². The van der Waals surface area contributed by atoms with Crippen LogP contribution in [-0.2, 0) is 4.74 Å². The van der Waals surface area contributed by atoms with Crippen LogP contribution in [0.2, 0.25) is 0 Å². The van der Waals surface area contributed by atoms with Gasteiger partial charge < -0.3 is 9.64 Å². The molecule has 2 heterocycles. The molecule has 0 N–H and O–H groups in total. The first-order valence-corrected chi connectivity index (χ1v) is 5.93. The smallest absolute Gasteiger partial charge is 0.254 e. The molecule has 0 spiro atoms. The largest absolute Gasteiger partial charge is 0.372 e. The van der Waals surface area contributed by atoms with E-state index in [1.54, 1.807) is 12.3 Å². The first-order valence-electron chi connectivity index (χ1n) is 5.93. The molecule has 2 atom stereocenters. The number of aryl methyl sites for hydroxylation is 1. The third-order valence-corrected chi connectivity index (χ3v) is 2.85. The summed E-state index contributed by atoms with van der Waals surface area (Å²) < 4.78 is 5.62. The fourth-order valence-electron chi connectivity index (χ4n) is 2.20. The molecule has 0 saturated carbocycles. The fourth-order valence-corrected chi connectivity index (χ4v) is 2.20. The Bertz CT molecular complexity index is 410. The van der Waals surface area contributed by atoms with E-state index >= 15 is 0 Å². The van der Waals surface area contributed by atoms with Gasteiger partial charge >= 0.3 is 0 Å². The molecule has 2 rings (SSSR count). The number of ether oxygens (including phenoxy) is 1. The zero-order valence-corrected chi connectivity index (χ0v) is 10.5. The summed E-state index contributed by atoms with van der Waals surface area (Å²) in [6.45, 7) is 7.19. The van der Waals surface area contributed by atoms with Gasteiger partial charge in [-0.1, -0.05) is 0 Å². The minimum Gasteiger partial charge on any atom is -0.372 e. The minimum atomic E-state index is 0.0671. The molecule has 4 nitrogen and oxygen atoms in total. The Kier molecular flexibility index (Phi) is 3.43. The van der Waals surface area contributed by atoms with E-state index in [-0.39, 0.29) is 18.1 Å². The standard InChI is InChI=1S/C13H18N2O2/c1-9-6-12(4-5-14-9)13(16)15-7-10(2)17-11(3)8-15/h4-6,10-11H,7-8H2,1-3H3. The van der Waals surface area contributed by atoms with Crippen molar-refractivity contribution in [2.75, 3.05) is 13.1 Å². The lowest BCUT2D eigenvalue weighted by atomic mass is 10.1. The minimum absolute atomic E-state index is 0.0671. The quantitative estimate of drug-likeness (QED) is 0.742. The van der Waals surface area contributed by atoms with Crippen LogP contribution in [0.15, 0.2) is 18.3 Å². The summed E-state index contributed by atoms with van der Waals surface area (Å²) in [6.07, 6.45) is 1.88. The Hall–Kier alpha value is -1.42. The van der Waals surface area contributed by atoms with Crippen molar-refractivity contribution in [1.29, 1.82) is 0 Å². The van der Waals surface area contributed by atoms with Crippen LogP contribution < -0.4 is 0 Å². The Morgan fingerprint density at radius 3 is 2.65 bits per heavy atom. The van der Waals surface area contributed by atoms with Gasteiger partial charge in [-0.3, -0.25) is 9.78 Å². The summed E-state index contributed by atoms with van der Waals surface area (Å²) in [5.74, 6) is 0.0671. The predicted octanol–water partition coefficient (Wildman–Crippen LogP) is 1.64. The maximum atomic E-state index is 12.3. The van der Waals surface area contributed by atoms with Crippen molar-refractivity contribution >= 4 is 5.91 Å². The molecular weight excluding hydrogens is 216 g/mol. The summed E-state index contributed by atoms with van der Waals surface area (Å²) in [5, 5.41) is 0. The molecule has 1 fully saturated rings. The number of amides is 1. The summed E-state index contributed by atoms with van der Waals surface area (Å²) >= 11 is 0. The molecule has 4 heteroatoms. The van der Waals surface area contributed by atoms with E-state index in [1.165, 1.54) is 0 Å². The van der Waals surface area contributed by atoms with Gasteiger partial charge in [0, 0.05) is 30.5 Å². The number of carbonyl (C=O) groups is 1. The first-order chi connectivity index (χ1) is 8.06. The predicted molar refractivity (Wildman–Crippen MR) is 64.9 cm³/mol. The van der Waals surface area contributed by atoms with Gasteiger partial charge in [-0.15, -0.1) is 0 Å². The van der Waals surface area contributed by atoms with Crippen LogP contribution >= 0.6 is 0 Å². The van der Waals surface area contributed by atoms with Gasteiger partial charge in [-0.25, -0.2) is 0 Å². The second kappa shape index (κ2) is 4.84. The van der Waals surface area contributed by atoms with E-state index in [4.69, 9.17) is 4.74 Å². The van der Waals surface area contributed by atoms with Crippen molar-refractivity contribution in [3.8, 4) is 0 Å². The SMILES string of the molecule is Cc1cc(C(=O)N2CC(C)OC(C)C2)ccn1. The molecule has 0 radical (unpaired) electrons. The molecule has 1 amide bonds. The lowest BCUT2D eigenvalue weighted by Gasteiger charge is -2.35. The average molecular weight is 234 g/mol. The van der Waals surface area contributed by atoms with Crippen molar-refractivity contribution in [3.05, 3.63) is 29.6 Å². The number of aromatic nitrogens is 1. The zero-order chi connectivity index (χ0) is 12.4. The van der Waals surface area contributed by atoms with Gasteiger partial charge in [0.25, 0.3) is 5.91 Å². The van der Waals surface area contributed by atoms with Crippen molar-refractivity contribution in [2.24, 2.45) is 0 Å². The van der Waals surface area contributed by atoms with Gasteiger partial charge in [0.05, 0.1) is 12.2 Å². The number of carbonyl (C=O) groups excluding carboxylic acids is 1. The van der Waals surface area contributed by atoms with Crippen molar-refractivity contribution in [3.63, 3.8) is 0 Å². The van der Waals surface area contributed by atoms with E-state index in [2.05, 4.69) is 4.98 Å². The van der Waals surface area contributed by atoms with Gasteiger partial charge in [-0.2, -0.15) is 0 Å². The van der Waals surface area contributed by atoms with Gasteiger partial charge in [0.2, 0.25) is 0 Å². The maximum Gasteiger partial charge on any atom is 0.254 e.